The van der Waals surface area contributed by atoms with Crippen molar-refractivity contribution in [1.82, 2.24) is 0 Å². The predicted molar refractivity (Wildman–Crippen MR) is 87.5 cm³/mol. The first-order valence-electron chi connectivity index (χ1n) is 7.26. The zero-order valence-electron chi connectivity index (χ0n) is 13.1. The minimum Gasteiger partial charge on any atom is -0.444 e. The fourth-order valence-corrected chi connectivity index (χ4v) is 2.20. The summed E-state index contributed by atoms with van der Waals surface area (Å²) in [5.74, 6) is 0. The van der Waals surface area contributed by atoms with Gasteiger partial charge < -0.3 is 4.74 Å². The van der Waals surface area contributed by atoms with E-state index < -0.39 is 11.0 Å². The number of nitrogens with zero attached hydrogens (tertiary/aromatic N) is 2. The van der Waals surface area contributed by atoms with E-state index in [-0.39, 0.29) is 24.5 Å². The van der Waals surface area contributed by atoms with Gasteiger partial charge in [-0.15, -0.1) is 0 Å². The zero-order chi connectivity index (χ0) is 16.8. The molecule has 6 nitrogen and oxygen atoms in total. The normalized spacial score (nSPS) is 10.2. The van der Waals surface area contributed by atoms with Gasteiger partial charge in [0.25, 0.3) is 5.69 Å². The van der Waals surface area contributed by atoms with Crippen LogP contribution in [0.5, 0.6) is 0 Å². The van der Waals surface area contributed by atoms with Crippen molar-refractivity contribution in [3.05, 3.63) is 69.8 Å². The second-order valence-electron chi connectivity index (χ2n) is 5.03. The van der Waals surface area contributed by atoms with Crippen LogP contribution in [0.25, 0.3) is 0 Å². The number of aryl methyl sites for hydroxylation is 1. The number of benzene rings is 2. The topological polar surface area (TPSA) is 72.7 Å². The van der Waals surface area contributed by atoms with Crippen molar-refractivity contribution < 1.29 is 14.5 Å². The molecule has 6 heteroatoms. The number of nitro benzene ring substituents is 1. The Labute approximate surface area is 134 Å². The van der Waals surface area contributed by atoms with Crippen LogP contribution in [-0.2, 0) is 11.3 Å². The lowest BCUT2D eigenvalue weighted by Gasteiger charge is -2.20. The average molecular weight is 314 g/mol. The molecule has 0 heterocycles. The van der Waals surface area contributed by atoms with Gasteiger partial charge >= 0.3 is 6.09 Å². The Morgan fingerprint density at radius 1 is 1.22 bits per heavy atom. The van der Waals surface area contributed by atoms with Gasteiger partial charge in [-0.3, -0.25) is 15.0 Å². The summed E-state index contributed by atoms with van der Waals surface area (Å²) >= 11 is 0. The fourth-order valence-electron chi connectivity index (χ4n) is 2.20. The Hall–Kier alpha value is -2.89. The molecule has 0 saturated heterocycles. The molecule has 0 aliphatic rings. The summed E-state index contributed by atoms with van der Waals surface area (Å²) in [6.07, 6.45) is -0.608. The molecule has 0 radical (unpaired) electrons. The highest BCUT2D eigenvalue weighted by Crippen LogP contribution is 2.29. The Kier molecular flexibility index (Phi) is 5.30. The highest BCUT2D eigenvalue weighted by Gasteiger charge is 2.24. The molecule has 1 amide bonds. The molecule has 0 aromatic heterocycles. The molecule has 2 aromatic rings. The Morgan fingerprint density at radius 3 is 2.52 bits per heavy atom. The lowest BCUT2D eigenvalue weighted by Crippen LogP contribution is -2.31. The molecule has 0 unspecified atom stereocenters. The smallest absolute Gasteiger partial charge is 0.414 e. The van der Waals surface area contributed by atoms with Crippen LogP contribution in [-0.4, -0.2) is 17.6 Å². The van der Waals surface area contributed by atoms with Gasteiger partial charge in [0, 0.05) is 12.6 Å². The molecule has 2 rings (SSSR count). The van der Waals surface area contributed by atoms with Crippen LogP contribution in [0.4, 0.5) is 16.2 Å². The number of hydrogen-bond donors (Lipinski definition) is 0. The van der Waals surface area contributed by atoms with Gasteiger partial charge in [-0.05, 0) is 31.0 Å². The minimum absolute atomic E-state index is 0.108. The maximum Gasteiger partial charge on any atom is 0.414 e. The molecule has 0 aliphatic carbocycles. The van der Waals surface area contributed by atoms with Gasteiger partial charge in [0.1, 0.15) is 12.3 Å². The number of rotatable bonds is 5. The number of amides is 1. The van der Waals surface area contributed by atoms with Crippen LogP contribution < -0.4 is 4.90 Å². The fraction of sp³-hybridized carbons (Fsp3) is 0.235. The first kappa shape index (κ1) is 16.5. The van der Waals surface area contributed by atoms with E-state index in [4.69, 9.17) is 4.74 Å². The predicted octanol–water partition coefficient (Wildman–Crippen LogP) is 4.07. The van der Waals surface area contributed by atoms with E-state index in [2.05, 4.69) is 0 Å². The number of hydrogen-bond acceptors (Lipinski definition) is 4. The highest BCUT2D eigenvalue weighted by molar-refractivity contribution is 5.90. The first-order valence-corrected chi connectivity index (χ1v) is 7.26. The van der Waals surface area contributed by atoms with Crippen LogP contribution >= 0.6 is 0 Å². The van der Waals surface area contributed by atoms with E-state index in [1.165, 1.54) is 11.0 Å². The molecule has 23 heavy (non-hydrogen) atoms. The van der Waals surface area contributed by atoms with Crippen LogP contribution in [0.3, 0.4) is 0 Å². The monoisotopic (exact) mass is 314 g/mol. The number of ether oxygens (including phenoxy) is 1. The maximum atomic E-state index is 12.3. The second-order valence-corrected chi connectivity index (χ2v) is 5.03. The molecular formula is C17H18N2O4. The molecule has 2 aromatic carbocycles. The van der Waals surface area contributed by atoms with E-state index in [0.717, 1.165) is 11.1 Å². The third-order valence-electron chi connectivity index (χ3n) is 3.36. The van der Waals surface area contributed by atoms with Gasteiger partial charge in [0.05, 0.1) is 4.92 Å². The van der Waals surface area contributed by atoms with E-state index in [9.17, 15) is 14.9 Å². The SMILES string of the molecule is CCN(C(=O)OCc1ccccc1)c1ccc(C)cc1[N+](=O)[O-]. The summed E-state index contributed by atoms with van der Waals surface area (Å²) in [6, 6.07) is 14.0. The molecular weight excluding hydrogens is 296 g/mol. The van der Waals surface area contributed by atoms with Gasteiger partial charge in [0.2, 0.25) is 0 Å². The van der Waals surface area contributed by atoms with Crippen molar-refractivity contribution in [2.75, 3.05) is 11.4 Å². The number of carbonyl (C=O) groups is 1. The third kappa shape index (κ3) is 4.06. The van der Waals surface area contributed by atoms with Gasteiger partial charge in [-0.25, -0.2) is 4.79 Å². The Balaban J connectivity index is 2.19. The average Bonchev–Trinajstić information content (AvgIpc) is 2.55. The second kappa shape index (κ2) is 7.40. The molecule has 0 saturated carbocycles. The molecule has 0 aliphatic heterocycles. The first-order chi connectivity index (χ1) is 11.0. The van der Waals surface area contributed by atoms with E-state index in [1.807, 2.05) is 30.3 Å². The summed E-state index contributed by atoms with van der Waals surface area (Å²) in [7, 11) is 0. The summed E-state index contributed by atoms with van der Waals surface area (Å²) < 4.78 is 5.26. The van der Waals surface area contributed by atoms with Crippen molar-refractivity contribution in [1.29, 1.82) is 0 Å². The molecule has 0 N–H and O–H groups in total. The summed E-state index contributed by atoms with van der Waals surface area (Å²) in [5, 5.41) is 11.2. The van der Waals surface area contributed by atoms with E-state index >= 15 is 0 Å². The van der Waals surface area contributed by atoms with E-state index in [1.54, 1.807) is 26.0 Å². The van der Waals surface area contributed by atoms with E-state index in [0.29, 0.717) is 0 Å². The van der Waals surface area contributed by atoms with Crippen molar-refractivity contribution >= 4 is 17.5 Å². The number of nitro groups is 1. The number of carbonyl (C=O) groups excluding carboxylic acids is 1. The lowest BCUT2D eigenvalue weighted by atomic mass is 10.2. The Bertz CT molecular complexity index is 701. The summed E-state index contributed by atoms with van der Waals surface area (Å²) in [4.78, 5) is 24.3. The van der Waals surface area contributed by atoms with Gasteiger partial charge in [0.15, 0.2) is 0 Å². The Morgan fingerprint density at radius 2 is 1.91 bits per heavy atom. The quantitative estimate of drug-likeness (QED) is 0.616. The molecule has 0 spiro atoms. The van der Waals surface area contributed by atoms with Crippen molar-refractivity contribution in [3.8, 4) is 0 Å². The molecule has 0 fully saturated rings. The van der Waals surface area contributed by atoms with Crippen LogP contribution in [0.15, 0.2) is 48.5 Å². The standard InChI is InChI=1S/C17H18N2O4/c1-3-18(15-10-9-13(2)11-16(15)19(21)22)17(20)23-12-14-7-5-4-6-8-14/h4-11H,3,12H2,1-2H3. The maximum absolute atomic E-state index is 12.3. The van der Waals surface area contributed by atoms with Crippen molar-refractivity contribution in [3.63, 3.8) is 0 Å². The lowest BCUT2D eigenvalue weighted by molar-refractivity contribution is -0.384. The molecule has 120 valence electrons. The van der Waals surface area contributed by atoms with Crippen LogP contribution in [0.2, 0.25) is 0 Å². The minimum atomic E-state index is -0.608. The largest absolute Gasteiger partial charge is 0.444 e. The number of anilines is 1. The molecule has 0 atom stereocenters. The van der Waals surface area contributed by atoms with Gasteiger partial charge in [-0.1, -0.05) is 36.4 Å². The van der Waals surface area contributed by atoms with Crippen LogP contribution in [0, 0.1) is 17.0 Å². The third-order valence-corrected chi connectivity index (χ3v) is 3.36. The van der Waals surface area contributed by atoms with Gasteiger partial charge in [-0.2, -0.15) is 0 Å². The zero-order valence-corrected chi connectivity index (χ0v) is 13.1. The highest BCUT2D eigenvalue weighted by atomic mass is 16.6. The van der Waals surface area contributed by atoms with Crippen molar-refractivity contribution in [2.45, 2.75) is 20.5 Å². The summed E-state index contributed by atoms with van der Waals surface area (Å²) in [6.45, 7) is 3.90. The molecule has 0 bridgehead atoms. The van der Waals surface area contributed by atoms with Crippen molar-refractivity contribution in [2.24, 2.45) is 0 Å². The summed E-state index contributed by atoms with van der Waals surface area (Å²) in [5.41, 5.74) is 1.74. The van der Waals surface area contributed by atoms with Crippen LogP contribution in [0.1, 0.15) is 18.1 Å².